The van der Waals surface area contributed by atoms with Gasteiger partial charge in [-0.2, -0.15) is 0 Å². The van der Waals surface area contributed by atoms with Crippen molar-refractivity contribution in [3.63, 3.8) is 0 Å². The summed E-state index contributed by atoms with van der Waals surface area (Å²) in [5.41, 5.74) is 1.57. The predicted molar refractivity (Wildman–Crippen MR) is 133 cm³/mol. The number of hydrogen-bond acceptors (Lipinski definition) is 5. The average molecular weight is 472 g/mol. The van der Waals surface area contributed by atoms with E-state index in [1.165, 1.54) is 12.0 Å². The Morgan fingerprint density at radius 1 is 1.00 bits per heavy atom. The minimum absolute atomic E-state index is 0.317. The fraction of sp³-hybridized carbons (Fsp3) is 0.731. The van der Waals surface area contributed by atoms with Gasteiger partial charge in [-0.25, -0.2) is 4.79 Å². The zero-order valence-corrected chi connectivity index (χ0v) is 21.3. The highest BCUT2D eigenvalue weighted by atomic mass is 16.7. The van der Waals surface area contributed by atoms with Crippen LogP contribution >= 0.6 is 0 Å². The Morgan fingerprint density at radius 2 is 1.59 bits per heavy atom. The summed E-state index contributed by atoms with van der Waals surface area (Å²) in [7, 11) is -0.325. The molecule has 0 spiro atoms. The summed E-state index contributed by atoms with van der Waals surface area (Å²) in [4.78, 5) is 15.1. The maximum Gasteiger partial charge on any atom is 0.494 e. The molecule has 1 aromatic carbocycles. The Labute approximate surface area is 204 Å². The topological polar surface area (TPSA) is 71.5 Å². The number of hydrogen-bond donors (Lipinski definition) is 1. The lowest BCUT2D eigenvalue weighted by atomic mass is 9.79. The zero-order valence-electron chi connectivity index (χ0n) is 21.3. The van der Waals surface area contributed by atoms with Crippen LogP contribution in [0.1, 0.15) is 65.4 Å². The number of nitrogens with zero attached hydrogens (tertiary/aromatic N) is 2. The van der Waals surface area contributed by atoms with E-state index in [2.05, 4.69) is 56.9 Å². The highest BCUT2D eigenvalue weighted by molar-refractivity contribution is 6.62. The van der Waals surface area contributed by atoms with Crippen LogP contribution in [0.3, 0.4) is 0 Å². The number of likely N-dealkylation sites (tertiary alicyclic amines) is 2. The number of carbonyl (C=O) groups is 1. The summed E-state index contributed by atoms with van der Waals surface area (Å²) in [6, 6.07) is 8.41. The molecule has 7 nitrogen and oxygen atoms in total. The molecule has 3 heterocycles. The molecular formula is C26H41BN2O5. The Balaban J connectivity index is 1.14. The van der Waals surface area contributed by atoms with Crippen molar-refractivity contribution in [2.45, 2.75) is 83.7 Å². The van der Waals surface area contributed by atoms with Crippen LogP contribution in [0.25, 0.3) is 0 Å². The zero-order chi connectivity index (χ0) is 24.3. The third kappa shape index (κ3) is 6.14. The van der Waals surface area contributed by atoms with Gasteiger partial charge in [0.15, 0.2) is 0 Å². The standard InChI is InChI=1S/C26H41BN2O5/c1-25(2)26(3,4)34-27(33-25)22-7-5-21(6-8-22)19-32-23-12-15-28(16-13-23)14-9-20-10-17-29(18-11-20)24(30)31/h5-8,20,23H,9-19H2,1-4H3,(H,30,31). The van der Waals surface area contributed by atoms with Crippen molar-refractivity contribution in [3.8, 4) is 0 Å². The van der Waals surface area contributed by atoms with E-state index < -0.39 is 6.09 Å². The van der Waals surface area contributed by atoms with Gasteiger partial charge in [-0.1, -0.05) is 24.3 Å². The summed E-state index contributed by atoms with van der Waals surface area (Å²) in [5, 5.41) is 9.09. The number of amides is 1. The Morgan fingerprint density at radius 3 is 2.15 bits per heavy atom. The molecule has 1 amide bonds. The van der Waals surface area contributed by atoms with Gasteiger partial charge in [0.25, 0.3) is 0 Å². The molecule has 3 fully saturated rings. The van der Waals surface area contributed by atoms with Crippen LogP contribution in [0.2, 0.25) is 0 Å². The third-order valence-corrected chi connectivity index (χ3v) is 8.26. The Bertz CT molecular complexity index is 799. The lowest BCUT2D eigenvalue weighted by molar-refractivity contribution is -0.00365. The molecule has 188 valence electrons. The monoisotopic (exact) mass is 472 g/mol. The summed E-state index contributed by atoms with van der Waals surface area (Å²) in [5.74, 6) is 0.657. The Hall–Kier alpha value is -1.61. The molecule has 3 aliphatic heterocycles. The quantitative estimate of drug-likeness (QED) is 0.610. The van der Waals surface area contributed by atoms with Gasteiger partial charge in [0.2, 0.25) is 0 Å². The molecule has 3 aliphatic rings. The molecule has 0 aromatic heterocycles. The van der Waals surface area contributed by atoms with E-state index in [0.29, 0.717) is 31.7 Å². The van der Waals surface area contributed by atoms with Gasteiger partial charge in [-0.05, 0) is 83.3 Å². The predicted octanol–water partition coefficient (Wildman–Crippen LogP) is 3.75. The van der Waals surface area contributed by atoms with Gasteiger partial charge in [0.05, 0.1) is 23.9 Å². The first-order valence-electron chi connectivity index (χ1n) is 12.9. The second-order valence-corrected chi connectivity index (χ2v) is 11.2. The van der Waals surface area contributed by atoms with E-state index >= 15 is 0 Å². The number of piperidine rings is 2. The van der Waals surface area contributed by atoms with Crippen molar-refractivity contribution in [3.05, 3.63) is 29.8 Å². The van der Waals surface area contributed by atoms with Gasteiger partial charge in [0.1, 0.15) is 0 Å². The van der Waals surface area contributed by atoms with Gasteiger partial charge >= 0.3 is 13.2 Å². The maximum atomic E-state index is 11.0. The summed E-state index contributed by atoms with van der Waals surface area (Å²) < 4.78 is 18.5. The second-order valence-electron chi connectivity index (χ2n) is 11.2. The minimum atomic E-state index is -0.776. The molecule has 0 saturated carbocycles. The molecule has 1 N–H and O–H groups in total. The second kappa shape index (κ2) is 10.6. The van der Waals surface area contributed by atoms with E-state index in [1.807, 2.05) is 0 Å². The van der Waals surface area contributed by atoms with E-state index in [0.717, 1.165) is 50.8 Å². The highest BCUT2D eigenvalue weighted by Gasteiger charge is 2.51. The van der Waals surface area contributed by atoms with Crippen LogP contribution < -0.4 is 5.46 Å². The van der Waals surface area contributed by atoms with Crippen LogP contribution in [0.15, 0.2) is 24.3 Å². The van der Waals surface area contributed by atoms with Crippen molar-refractivity contribution in [1.29, 1.82) is 0 Å². The molecule has 0 unspecified atom stereocenters. The number of carboxylic acid groups (broad SMARTS) is 1. The van der Waals surface area contributed by atoms with Crippen LogP contribution in [-0.4, -0.2) is 78.1 Å². The van der Waals surface area contributed by atoms with Crippen LogP contribution in [-0.2, 0) is 20.7 Å². The molecule has 0 atom stereocenters. The molecule has 1 aromatic rings. The fourth-order valence-electron chi connectivity index (χ4n) is 5.04. The molecule has 4 rings (SSSR count). The molecule has 8 heteroatoms. The molecule has 3 saturated heterocycles. The van der Waals surface area contributed by atoms with E-state index in [4.69, 9.17) is 19.2 Å². The lowest BCUT2D eigenvalue weighted by Gasteiger charge is -2.34. The number of ether oxygens (including phenoxy) is 1. The first-order valence-corrected chi connectivity index (χ1v) is 12.9. The van der Waals surface area contributed by atoms with Gasteiger partial charge in [0, 0.05) is 26.2 Å². The van der Waals surface area contributed by atoms with Crippen LogP contribution in [0.5, 0.6) is 0 Å². The average Bonchev–Trinajstić information content (AvgIpc) is 3.04. The summed E-state index contributed by atoms with van der Waals surface area (Å²) in [6.07, 6.45) is 4.86. The van der Waals surface area contributed by atoms with Gasteiger partial charge in [-0.15, -0.1) is 0 Å². The maximum absolute atomic E-state index is 11.0. The number of rotatable bonds is 7. The van der Waals surface area contributed by atoms with Crippen LogP contribution in [0.4, 0.5) is 4.79 Å². The normalized spacial score (nSPS) is 24.0. The van der Waals surface area contributed by atoms with E-state index in [1.54, 1.807) is 4.90 Å². The molecule has 0 bridgehead atoms. The summed E-state index contributed by atoms with van der Waals surface area (Å²) in [6.45, 7) is 13.6. The first-order chi connectivity index (χ1) is 16.1. The smallest absolute Gasteiger partial charge is 0.465 e. The first kappa shape index (κ1) is 25.5. The highest BCUT2D eigenvalue weighted by Crippen LogP contribution is 2.36. The van der Waals surface area contributed by atoms with E-state index in [9.17, 15) is 4.79 Å². The molecular weight excluding hydrogens is 431 g/mol. The minimum Gasteiger partial charge on any atom is -0.465 e. The fourth-order valence-corrected chi connectivity index (χ4v) is 5.04. The van der Waals surface area contributed by atoms with Crippen molar-refractivity contribution < 1.29 is 23.9 Å². The SMILES string of the molecule is CC1(C)OB(c2ccc(COC3CCN(CCC4CCN(C(=O)O)CC4)CC3)cc2)OC1(C)C. The van der Waals surface area contributed by atoms with Crippen LogP contribution in [0, 0.1) is 5.92 Å². The van der Waals surface area contributed by atoms with Crippen molar-refractivity contribution in [2.24, 2.45) is 5.92 Å². The number of benzene rings is 1. The van der Waals surface area contributed by atoms with Gasteiger partial charge in [-0.3, -0.25) is 0 Å². The van der Waals surface area contributed by atoms with Crippen molar-refractivity contribution >= 4 is 18.7 Å². The summed E-state index contributed by atoms with van der Waals surface area (Å²) >= 11 is 0. The van der Waals surface area contributed by atoms with Gasteiger partial charge < -0.3 is 29.0 Å². The Kier molecular flexibility index (Phi) is 7.92. The third-order valence-electron chi connectivity index (χ3n) is 8.26. The largest absolute Gasteiger partial charge is 0.494 e. The lowest BCUT2D eigenvalue weighted by Crippen LogP contribution is -2.41. The molecule has 0 aliphatic carbocycles. The van der Waals surface area contributed by atoms with Crippen molar-refractivity contribution in [2.75, 3.05) is 32.7 Å². The molecule has 0 radical (unpaired) electrons. The molecule has 34 heavy (non-hydrogen) atoms. The van der Waals surface area contributed by atoms with Crippen molar-refractivity contribution in [1.82, 2.24) is 9.80 Å². The van der Waals surface area contributed by atoms with E-state index in [-0.39, 0.29) is 18.3 Å².